The first-order valence-electron chi connectivity index (χ1n) is 6.98. The van der Waals surface area contributed by atoms with Gasteiger partial charge in [-0.1, -0.05) is 45.4 Å². The molecule has 1 rings (SSSR count). The molecule has 0 atom stereocenters. The van der Waals surface area contributed by atoms with Gasteiger partial charge < -0.3 is 4.90 Å². The van der Waals surface area contributed by atoms with Gasteiger partial charge in [0.25, 0.3) is 0 Å². The van der Waals surface area contributed by atoms with E-state index in [4.69, 9.17) is 0 Å². The second-order valence-corrected chi connectivity index (χ2v) is 3.72. The van der Waals surface area contributed by atoms with Crippen molar-refractivity contribution in [3.05, 3.63) is 29.8 Å². The molecule has 1 aromatic carbocycles. The molecule has 0 spiro atoms. The van der Waals surface area contributed by atoms with Crippen molar-refractivity contribution in [1.29, 1.82) is 0 Å². The summed E-state index contributed by atoms with van der Waals surface area (Å²) in [5, 5.41) is 0. The highest BCUT2D eigenvalue weighted by molar-refractivity contribution is 5.47. The van der Waals surface area contributed by atoms with Gasteiger partial charge in [-0.3, -0.25) is 0 Å². The summed E-state index contributed by atoms with van der Waals surface area (Å²) in [5.41, 5.74) is 2.65. The number of nitrogens with zero attached hydrogens (tertiary/aromatic N) is 1. The van der Waals surface area contributed by atoms with Crippen molar-refractivity contribution in [3.63, 3.8) is 0 Å². The van der Waals surface area contributed by atoms with Crippen molar-refractivity contribution < 1.29 is 0 Å². The van der Waals surface area contributed by atoms with Gasteiger partial charge in [0, 0.05) is 18.3 Å². The largest absolute Gasteiger partial charge is 0.369 e. The van der Waals surface area contributed by atoms with E-state index in [9.17, 15) is 0 Å². The Morgan fingerprint density at radius 3 is 1.65 bits per heavy atom. The third kappa shape index (κ3) is 7.04. The van der Waals surface area contributed by atoms with Crippen molar-refractivity contribution in [3.8, 4) is 0 Å². The van der Waals surface area contributed by atoms with E-state index in [1.54, 1.807) is 0 Å². The van der Waals surface area contributed by atoms with Gasteiger partial charge in [0.15, 0.2) is 0 Å². The van der Waals surface area contributed by atoms with Crippen molar-refractivity contribution in [2.75, 3.05) is 11.4 Å². The van der Waals surface area contributed by atoms with E-state index in [0.717, 1.165) is 6.54 Å². The summed E-state index contributed by atoms with van der Waals surface area (Å²) in [6.07, 6.45) is 0. The zero-order valence-electron chi connectivity index (χ0n) is 13.0. The molecular weight excluding hydrogens is 206 g/mol. The van der Waals surface area contributed by atoms with Crippen molar-refractivity contribution in [1.82, 2.24) is 0 Å². The number of benzene rings is 1. The minimum absolute atomic E-state index is 0.577. The van der Waals surface area contributed by atoms with Gasteiger partial charge in [-0.25, -0.2) is 0 Å². The van der Waals surface area contributed by atoms with Crippen LogP contribution in [0.1, 0.15) is 54.0 Å². The lowest BCUT2D eigenvalue weighted by Gasteiger charge is -2.27. The molecule has 0 saturated heterocycles. The van der Waals surface area contributed by atoms with Crippen molar-refractivity contribution in [2.45, 2.75) is 61.4 Å². The molecule has 0 saturated carbocycles. The Labute approximate surface area is 109 Å². The maximum atomic E-state index is 2.39. The quantitative estimate of drug-likeness (QED) is 0.691. The van der Waals surface area contributed by atoms with Gasteiger partial charge in [0.2, 0.25) is 0 Å². The van der Waals surface area contributed by atoms with Gasteiger partial charge in [-0.2, -0.15) is 0 Å². The Balaban J connectivity index is 0. The van der Waals surface area contributed by atoms with Crippen LogP contribution < -0.4 is 4.90 Å². The Morgan fingerprint density at radius 2 is 1.35 bits per heavy atom. The third-order valence-corrected chi connectivity index (χ3v) is 2.33. The Hall–Kier alpha value is -0.980. The number of anilines is 1. The van der Waals surface area contributed by atoms with E-state index in [2.05, 4.69) is 56.9 Å². The lowest BCUT2D eigenvalue weighted by molar-refractivity contribution is 0.704. The summed E-state index contributed by atoms with van der Waals surface area (Å²) >= 11 is 0. The molecule has 0 aliphatic rings. The fourth-order valence-corrected chi connectivity index (χ4v) is 1.58. The lowest BCUT2D eigenvalue weighted by atomic mass is 10.2. The maximum Gasteiger partial charge on any atom is 0.0368 e. The van der Waals surface area contributed by atoms with E-state index in [0.29, 0.717) is 6.04 Å². The predicted octanol–water partition coefficient (Wildman–Crippen LogP) is 5.28. The van der Waals surface area contributed by atoms with Crippen LogP contribution in [0, 0.1) is 6.92 Å². The monoisotopic (exact) mass is 237 g/mol. The normalized spacial score (nSPS) is 8.76. The molecule has 1 nitrogen and oxygen atoms in total. The standard InChI is InChI=1S/C12H19N.2C2H6/c1-5-13(10(2)3)12-8-6-11(4)7-9-12;2*1-2/h6-10H,5H2,1-4H3;2*1-2H3. The molecule has 0 fully saturated rings. The first-order valence-corrected chi connectivity index (χ1v) is 6.98. The molecule has 1 aromatic rings. The van der Waals surface area contributed by atoms with E-state index < -0.39 is 0 Å². The molecule has 0 radical (unpaired) electrons. The first-order chi connectivity index (χ1) is 8.15. The molecule has 0 aliphatic carbocycles. The number of rotatable bonds is 3. The van der Waals surface area contributed by atoms with Crippen LogP contribution in [-0.4, -0.2) is 12.6 Å². The fourth-order valence-electron chi connectivity index (χ4n) is 1.58. The highest BCUT2D eigenvalue weighted by Crippen LogP contribution is 2.16. The van der Waals surface area contributed by atoms with Crippen LogP contribution in [0.15, 0.2) is 24.3 Å². The van der Waals surface area contributed by atoms with E-state index >= 15 is 0 Å². The van der Waals surface area contributed by atoms with E-state index in [-0.39, 0.29) is 0 Å². The molecule has 0 aromatic heterocycles. The fraction of sp³-hybridized carbons (Fsp3) is 0.625. The van der Waals surface area contributed by atoms with Crippen LogP contribution in [0.4, 0.5) is 5.69 Å². The van der Waals surface area contributed by atoms with Crippen LogP contribution in [0.5, 0.6) is 0 Å². The molecule has 0 amide bonds. The highest BCUT2D eigenvalue weighted by Gasteiger charge is 2.06. The molecule has 0 heterocycles. The van der Waals surface area contributed by atoms with Crippen LogP contribution in [0.2, 0.25) is 0 Å². The summed E-state index contributed by atoms with van der Waals surface area (Å²) in [5.74, 6) is 0. The van der Waals surface area contributed by atoms with Crippen LogP contribution in [0.25, 0.3) is 0 Å². The van der Waals surface area contributed by atoms with Crippen LogP contribution >= 0.6 is 0 Å². The average Bonchev–Trinajstić information content (AvgIpc) is 2.37. The van der Waals surface area contributed by atoms with Crippen LogP contribution in [0.3, 0.4) is 0 Å². The van der Waals surface area contributed by atoms with E-state index in [1.807, 2.05) is 27.7 Å². The van der Waals surface area contributed by atoms with E-state index in [1.165, 1.54) is 11.3 Å². The third-order valence-electron chi connectivity index (χ3n) is 2.33. The maximum absolute atomic E-state index is 2.39. The lowest BCUT2D eigenvalue weighted by Crippen LogP contribution is -2.30. The van der Waals surface area contributed by atoms with Gasteiger partial charge >= 0.3 is 0 Å². The SMILES string of the molecule is CC.CC.CCN(c1ccc(C)cc1)C(C)C. The topological polar surface area (TPSA) is 3.24 Å². The smallest absolute Gasteiger partial charge is 0.0368 e. The molecule has 0 unspecified atom stereocenters. The molecule has 0 N–H and O–H groups in total. The Morgan fingerprint density at radius 1 is 0.941 bits per heavy atom. The molecule has 0 bridgehead atoms. The van der Waals surface area contributed by atoms with Gasteiger partial charge in [0.05, 0.1) is 0 Å². The minimum Gasteiger partial charge on any atom is -0.369 e. The summed E-state index contributed by atoms with van der Waals surface area (Å²) in [6.45, 7) is 17.8. The molecule has 0 aliphatic heterocycles. The summed E-state index contributed by atoms with van der Waals surface area (Å²) < 4.78 is 0. The molecule has 1 heteroatoms. The van der Waals surface area contributed by atoms with Crippen molar-refractivity contribution in [2.24, 2.45) is 0 Å². The second kappa shape index (κ2) is 11.5. The van der Waals surface area contributed by atoms with Gasteiger partial charge in [-0.05, 0) is 39.8 Å². The Kier molecular flexibility index (Phi) is 12.4. The molecular formula is C16H31N. The highest BCUT2D eigenvalue weighted by atomic mass is 15.1. The zero-order valence-corrected chi connectivity index (χ0v) is 13.0. The number of hydrogen-bond acceptors (Lipinski definition) is 1. The summed E-state index contributed by atoms with van der Waals surface area (Å²) in [4.78, 5) is 2.39. The number of aryl methyl sites for hydroxylation is 1. The van der Waals surface area contributed by atoms with Gasteiger partial charge in [-0.15, -0.1) is 0 Å². The number of hydrogen-bond donors (Lipinski definition) is 0. The molecule has 100 valence electrons. The first kappa shape index (κ1) is 18.4. The summed E-state index contributed by atoms with van der Waals surface area (Å²) in [7, 11) is 0. The van der Waals surface area contributed by atoms with Gasteiger partial charge in [0.1, 0.15) is 0 Å². The second-order valence-electron chi connectivity index (χ2n) is 3.72. The van der Waals surface area contributed by atoms with Crippen molar-refractivity contribution >= 4 is 5.69 Å². The zero-order chi connectivity index (χ0) is 13.8. The minimum atomic E-state index is 0.577. The predicted molar refractivity (Wildman–Crippen MR) is 82.0 cm³/mol. The summed E-state index contributed by atoms with van der Waals surface area (Å²) in [6, 6.07) is 9.30. The average molecular weight is 237 g/mol. The molecule has 17 heavy (non-hydrogen) atoms. The Bertz CT molecular complexity index is 249. The van der Waals surface area contributed by atoms with Crippen LogP contribution in [-0.2, 0) is 0 Å².